The van der Waals surface area contributed by atoms with Gasteiger partial charge >= 0.3 is 0 Å². The summed E-state index contributed by atoms with van der Waals surface area (Å²) in [6.07, 6.45) is 22.7. The molecule has 0 saturated heterocycles. The van der Waals surface area contributed by atoms with Crippen LogP contribution < -0.4 is 0 Å². The minimum atomic E-state index is 1.01. The summed E-state index contributed by atoms with van der Waals surface area (Å²) in [5.41, 5.74) is 0. The fourth-order valence-electron chi connectivity index (χ4n) is 2.38. The van der Waals surface area contributed by atoms with E-state index >= 15 is 0 Å². The van der Waals surface area contributed by atoms with Crippen LogP contribution in [0.5, 0.6) is 0 Å². The van der Waals surface area contributed by atoms with E-state index in [0.29, 0.717) is 0 Å². The summed E-state index contributed by atoms with van der Waals surface area (Å²) >= 11 is 4.93. The van der Waals surface area contributed by atoms with E-state index in [4.69, 9.17) is 0 Å². The molecule has 116 valence electrons. The summed E-state index contributed by atoms with van der Waals surface area (Å²) in [6.45, 7) is 5.40. The molecule has 0 aromatic heterocycles. The maximum absolute atomic E-state index is 2.52. The number of hydrogen-bond acceptors (Lipinski definition) is 1. The van der Waals surface area contributed by atoms with Crippen molar-refractivity contribution in [2.24, 2.45) is 0 Å². The second kappa shape index (κ2) is 10.7. The van der Waals surface area contributed by atoms with E-state index < -0.39 is 0 Å². The van der Waals surface area contributed by atoms with Crippen molar-refractivity contribution < 1.29 is 0 Å². The van der Waals surface area contributed by atoms with Crippen LogP contribution in [0.15, 0.2) is 19.3 Å². The number of rotatable bonds is 8. The van der Waals surface area contributed by atoms with Crippen LogP contribution in [-0.4, -0.2) is 24.5 Å². The van der Waals surface area contributed by atoms with Gasteiger partial charge in [-0.1, -0.05) is 19.1 Å². The van der Waals surface area contributed by atoms with Crippen molar-refractivity contribution in [3.05, 3.63) is 82.5 Å². The van der Waals surface area contributed by atoms with Gasteiger partial charge in [-0.05, 0) is 110 Å². The summed E-state index contributed by atoms with van der Waals surface area (Å²) in [6, 6.07) is 0. The number of halogens is 2. The van der Waals surface area contributed by atoms with E-state index in [0.717, 1.165) is 19.6 Å². The molecule has 2 fully saturated rings. The van der Waals surface area contributed by atoms with Crippen molar-refractivity contribution >= 4 is 45.2 Å². The van der Waals surface area contributed by atoms with Gasteiger partial charge in [-0.25, -0.2) is 0 Å². The number of allylic oxidation sites excluding steroid dienone is 2. The molecule has 2 aliphatic carbocycles. The smallest absolute Gasteiger partial charge is 0.0292 e. The monoisotopic (exact) mass is 517 g/mol. The molecule has 2 aliphatic rings. The van der Waals surface area contributed by atoms with Crippen molar-refractivity contribution in [2.75, 3.05) is 19.6 Å². The topological polar surface area (TPSA) is 3.24 Å². The summed E-state index contributed by atoms with van der Waals surface area (Å²) in [5.74, 6) is 2.59. The normalized spacial score (nSPS) is 22.2. The minimum absolute atomic E-state index is 1.01. The molecule has 0 N–H and O–H groups in total. The van der Waals surface area contributed by atoms with Crippen LogP contribution in [-0.2, 0) is 0 Å². The minimum Gasteiger partial charge on any atom is -0.294 e. The molecule has 22 heavy (non-hydrogen) atoms. The molecule has 0 atom stereocenters. The third-order valence-electron chi connectivity index (χ3n) is 3.31. The van der Waals surface area contributed by atoms with Crippen LogP contribution in [0, 0.1) is 63.2 Å². The Kier molecular flexibility index (Phi) is 9.35. The zero-order valence-corrected chi connectivity index (χ0v) is 17.1. The molecule has 0 bridgehead atoms. The molecule has 10 radical (unpaired) electrons. The third kappa shape index (κ3) is 7.20. The van der Waals surface area contributed by atoms with Crippen LogP contribution in [0.1, 0.15) is 13.3 Å². The highest BCUT2D eigenvalue weighted by atomic mass is 127. The Balaban J connectivity index is 1.85. The Hall–Kier alpha value is 0.900. The maximum atomic E-state index is 2.52. The Labute approximate surface area is 164 Å². The molecule has 0 aromatic rings. The average Bonchev–Trinajstić information content (AvgIpc) is 3.12. The molecule has 0 spiro atoms. The van der Waals surface area contributed by atoms with Crippen LogP contribution in [0.2, 0.25) is 0 Å². The maximum Gasteiger partial charge on any atom is 0.0292 e. The first-order chi connectivity index (χ1) is 10.7. The molecule has 1 nitrogen and oxygen atoms in total. The first kappa shape index (κ1) is 19.2. The SMILES string of the molecule is CCCN(C/C(I)=C/[C]1[CH][CH][CH][CH]1)C/C(I)=C/[C]1[CH][CH][CH][CH]1. The Morgan fingerprint density at radius 2 is 1.27 bits per heavy atom. The quantitative estimate of drug-likeness (QED) is 0.403. The van der Waals surface area contributed by atoms with Gasteiger partial charge in [0.1, 0.15) is 0 Å². The lowest BCUT2D eigenvalue weighted by Gasteiger charge is -2.22. The molecule has 3 heteroatoms. The molecular weight excluding hydrogens is 496 g/mol. The van der Waals surface area contributed by atoms with Crippen LogP contribution in [0.25, 0.3) is 0 Å². The van der Waals surface area contributed by atoms with Gasteiger partial charge in [0.2, 0.25) is 0 Å². The lowest BCUT2D eigenvalue weighted by Crippen LogP contribution is -2.27. The Morgan fingerprint density at radius 1 is 0.864 bits per heavy atom. The van der Waals surface area contributed by atoms with Crippen LogP contribution in [0.3, 0.4) is 0 Å². The molecule has 0 aliphatic heterocycles. The van der Waals surface area contributed by atoms with Gasteiger partial charge in [0, 0.05) is 32.1 Å². The Morgan fingerprint density at radius 3 is 1.64 bits per heavy atom. The highest BCUT2D eigenvalue weighted by Gasteiger charge is 2.17. The molecular formula is C19H21I2N. The first-order valence-corrected chi connectivity index (χ1v) is 9.71. The van der Waals surface area contributed by atoms with Crippen molar-refractivity contribution in [3.63, 3.8) is 0 Å². The summed E-state index contributed by atoms with van der Waals surface area (Å²) in [7, 11) is 0. The van der Waals surface area contributed by atoms with E-state index in [2.05, 4.69) is 121 Å². The number of hydrogen-bond donors (Lipinski definition) is 0. The fourth-order valence-corrected chi connectivity index (χ4v) is 4.06. The van der Waals surface area contributed by atoms with Crippen molar-refractivity contribution in [3.8, 4) is 0 Å². The predicted molar refractivity (Wildman–Crippen MR) is 112 cm³/mol. The Bertz CT molecular complexity index is 343. The van der Waals surface area contributed by atoms with Gasteiger partial charge in [-0.3, -0.25) is 4.90 Å². The number of nitrogens with zero attached hydrogens (tertiary/aromatic N) is 1. The van der Waals surface area contributed by atoms with Crippen LogP contribution in [0.4, 0.5) is 0 Å². The molecule has 2 saturated carbocycles. The van der Waals surface area contributed by atoms with E-state index in [1.54, 1.807) is 0 Å². The molecule has 0 aromatic carbocycles. The van der Waals surface area contributed by atoms with Crippen molar-refractivity contribution in [2.45, 2.75) is 13.3 Å². The lowest BCUT2D eigenvalue weighted by molar-refractivity contribution is 0.333. The van der Waals surface area contributed by atoms with Gasteiger partial charge in [0.25, 0.3) is 0 Å². The third-order valence-corrected chi connectivity index (χ3v) is 4.62. The first-order valence-electron chi connectivity index (χ1n) is 7.55. The van der Waals surface area contributed by atoms with Crippen LogP contribution >= 0.6 is 45.2 Å². The molecule has 0 unspecified atom stereocenters. The predicted octanol–water partition coefficient (Wildman–Crippen LogP) is 5.15. The van der Waals surface area contributed by atoms with Gasteiger partial charge in [0.05, 0.1) is 0 Å². The molecule has 0 amide bonds. The highest BCUT2D eigenvalue weighted by molar-refractivity contribution is 14.1. The zero-order chi connectivity index (χ0) is 15.8. The summed E-state index contributed by atoms with van der Waals surface area (Å²) in [4.78, 5) is 2.52. The zero-order valence-electron chi connectivity index (χ0n) is 12.8. The van der Waals surface area contributed by atoms with Gasteiger partial charge in [-0.15, -0.1) is 0 Å². The average molecular weight is 517 g/mol. The van der Waals surface area contributed by atoms with E-state index in [-0.39, 0.29) is 0 Å². The largest absolute Gasteiger partial charge is 0.294 e. The van der Waals surface area contributed by atoms with Gasteiger partial charge < -0.3 is 0 Å². The van der Waals surface area contributed by atoms with Gasteiger partial charge in [-0.2, -0.15) is 0 Å². The second-order valence-corrected chi connectivity index (χ2v) is 8.10. The van der Waals surface area contributed by atoms with Gasteiger partial charge in [0.15, 0.2) is 0 Å². The lowest BCUT2D eigenvalue weighted by atomic mass is 10.1. The summed E-state index contributed by atoms with van der Waals surface area (Å²) in [5, 5.41) is 0. The fraction of sp³-hybridized carbons (Fsp3) is 0.263. The van der Waals surface area contributed by atoms with E-state index in [9.17, 15) is 0 Å². The van der Waals surface area contributed by atoms with Crippen molar-refractivity contribution in [1.82, 2.24) is 4.90 Å². The standard InChI is InChI=1S/C19H21I2N/c1-2-11-22(14-18(20)12-16-7-3-4-8-16)15-19(21)13-17-9-5-6-10-17/h3-10,12-13H,2,11,14-15H2,1H3/b18-12-,19-13-. The van der Waals surface area contributed by atoms with Crippen molar-refractivity contribution in [1.29, 1.82) is 0 Å². The van der Waals surface area contributed by atoms with E-state index in [1.165, 1.54) is 25.4 Å². The summed E-state index contributed by atoms with van der Waals surface area (Å²) < 4.78 is 2.77. The van der Waals surface area contributed by atoms with E-state index in [1.807, 2.05) is 0 Å². The molecule has 2 rings (SSSR count). The second-order valence-electron chi connectivity index (χ2n) is 5.33. The highest BCUT2D eigenvalue weighted by Crippen LogP contribution is 2.29. The molecule has 0 heterocycles.